The Morgan fingerprint density at radius 2 is 1.62 bits per heavy atom. The van der Waals surface area contributed by atoms with E-state index in [9.17, 15) is 0 Å². The van der Waals surface area contributed by atoms with Gasteiger partial charge < -0.3 is 10.6 Å². The monoisotopic (exact) mass is 340 g/mol. The molecule has 0 aliphatic heterocycles. The quantitative estimate of drug-likeness (QED) is 0.718. The molecule has 0 heterocycles. The molecule has 0 bridgehead atoms. The van der Waals surface area contributed by atoms with Crippen molar-refractivity contribution in [1.29, 1.82) is 0 Å². The van der Waals surface area contributed by atoms with E-state index in [0.29, 0.717) is 5.11 Å². The van der Waals surface area contributed by atoms with E-state index >= 15 is 0 Å². The van der Waals surface area contributed by atoms with E-state index in [1.54, 1.807) is 0 Å². The van der Waals surface area contributed by atoms with Gasteiger partial charge in [-0.3, -0.25) is 0 Å². The molecule has 2 nitrogen and oxygen atoms in total. The Balaban J connectivity index is 1.94. The Morgan fingerprint density at radius 1 is 1.04 bits per heavy atom. The average molecular weight is 341 g/mol. The number of anilines is 1. The molecule has 2 rings (SSSR count). The van der Waals surface area contributed by atoms with Crippen LogP contribution in [0.3, 0.4) is 0 Å². The lowest BCUT2D eigenvalue weighted by atomic mass is 9.79. The number of hydrogen-bond acceptors (Lipinski definition) is 1. The van der Waals surface area contributed by atoms with Crippen LogP contribution in [0.15, 0.2) is 48.5 Å². The largest absolute Gasteiger partial charge is 0.360 e. The Hall–Kier alpha value is -1.87. The van der Waals surface area contributed by atoms with Gasteiger partial charge in [0.15, 0.2) is 5.11 Å². The van der Waals surface area contributed by atoms with Gasteiger partial charge >= 0.3 is 0 Å². The van der Waals surface area contributed by atoms with Crippen molar-refractivity contribution in [3.8, 4) is 0 Å². The topological polar surface area (TPSA) is 24.1 Å². The first-order valence-corrected chi connectivity index (χ1v) is 8.88. The molecule has 0 saturated heterocycles. The number of hydrogen-bond donors (Lipinski definition) is 2. The first-order chi connectivity index (χ1) is 11.3. The minimum Gasteiger partial charge on any atom is -0.360 e. The molecule has 0 unspecified atom stereocenters. The first-order valence-electron chi connectivity index (χ1n) is 8.47. The SMILES string of the molecule is Cc1cc(C)cc(NC(=S)N[C@H](C)CC(C)(C)c2ccccc2)c1. The van der Waals surface area contributed by atoms with Crippen LogP contribution >= 0.6 is 12.2 Å². The summed E-state index contributed by atoms with van der Waals surface area (Å²) in [7, 11) is 0. The van der Waals surface area contributed by atoms with Crippen LogP contribution in [0.25, 0.3) is 0 Å². The van der Waals surface area contributed by atoms with Crippen LogP contribution in [0.1, 0.15) is 43.9 Å². The van der Waals surface area contributed by atoms with Crippen molar-refractivity contribution >= 4 is 23.0 Å². The molecule has 0 aromatic heterocycles. The van der Waals surface area contributed by atoms with Gasteiger partial charge in [0, 0.05) is 11.7 Å². The number of aryl methyl sites for hydroxylation is 2. The Morgan fingerprint density at radius 3 is 2.21 bits per heavy atom. The molecule has 0 fully saturated rings. The maximum absolute atomic E-state index is 5.48. The molecule has 0 saturated carbocycles. The molecule has 0 radical (unpaired) electrons. The third kappa shape index (κ3) is 5.34. The molecule has 128 valence electrons. The lowest BCUT2D eigenvalue weighted by Gasteiger charge is -2.29. The summed E-state index contributed by atoms with van der Waals surface area (Å²) >= 11 is 5.48. The molecule has 2 aromatic carbocycles. The zero-order valence-electron chi connectivity index (χ0n) is 15.3. The van der Waals surface area contributed by atoms with E-state index in [-0.39, 0.29) is 11.5 Å². The highest BCUT2D eigenvalue weighted by Gasteiger charge is 2.23. The summed E-state index contributed by atoms with van der Waals surface area (Å²) in [5.41, 5.74) is 4.96. The Kier molecular flexibility index (Phi) is 6.00. The summed E-state index contributed by atoms with van der Waals surface area (Å²) in [6, 6.07) is 17.3. The smallest absolute Gasteiger partial charge is 0.170 e. The summed E-state index contributed by atoms with van der Waals surface area (Å²) in [4.78, 5) is 0. The van der Waals surface area contributed by atoms with Gasteiger partial charge in [-0.1, -0.05) is 50.2 Å². The van der Waals surface area contributed by atoms with E-state index in [4.69, 9.17) is 12.2 Å². The molecule has 24 heavy (non-hydrogen) atoms. The Labute approximate surface area is 151 Å². The molecule has 0 aliphatic carbocycles. The van der Waals surface area contributed by atoms with Crippen LogP contribution in [-0.2, 0) is 5.41 Å². The van der Waals surface area contributed by atoms with Crippen molar-refractivity contribution in [1.82, 2.24) is 5.32 Å². The summed E-state index contributed by atoms with van der Waals surface area (Å²) in [5, 5.41) is 7.39. The summed E-state index contributed by atoms with van der Waals surface area (Å²) < 4.78 is 0. The van der Waals surface area contributed by atoms with Gasteiger partial charge in [-0.2, -0.15) is 0 Å². The van der Waals surface area contributed by atoms with Gasteiger partial charge in [0.05, 0.1) is 0 Å². The predicted molar refractivity (Wildman–Crippen MR) is 109 cm³/mol. The molecule has 2 N–H and O–H groups in total. The Bertz CT molecular complexity index is 672. The molecule has 2 aromatic rings. The van der Waals surface area contributed by atoms with Crippen LogP contribution in [0.4, 0.5) is 5.69 Å². The summed E-state index contributed by atoms with van der Waals surface area (Å²) in [6.07, 6.45) is 1.01. The van der Waals surface area contributed by atoms with Crippen molar-refractivity contribution < 1.29 is 0 Å². The normalized spacial score (nSPS) is 12.5. The van der Waals surface area contributed by atoms with Gasteiger partial charge in [-0.25, -0.2) is 0 Å². The minimum absolute atomic E-state index is 0.100. The molecular formula is C21H28N2S. The van der Waals surface area contributed by atoms with Crippen molar-refractivity contribution in [3.63, 3.8) is 0 Å². The molecule has 3 heteroatoms. The van der Waals surface area contributed by atoms with E-state index in [2.05, 4.69) is 93.8 Å². The highest BCUT2D eigenvalue weighted by atomic mass is 32.1. The van der Waals surface area contributed by atoms with E-state index in [1.165, 1.54) is 16.7 Å². The van der Waals surface area contributed by atoms with Crippen molar-refractivity contribution in [2.75, 3.05) is 5.32 Å². The van der Waals surface area contributed by atoms with E-state index < -0.39 is 0 Å². The van der Waals surface area contributed by atoms with Crippen LogP contribution < -0.4 is 10.6 Å². The number of nitrogens with one attached hydrogen (secondary N) is 2. The second-order valence-corrected chi connectivity index (χ2v) is 7.74. The second kappa shape index (κ2) is 7.80. The van der Waals surface area contributed by atoms with E-state index in [1.807, 2.05) is 0 Å². The maximum Gasteiger partial charge on any atom is 0.170 e. The number of rotatable bonds is 5. The van der Waals surface area contributed by atoms with E-state index in [0.717, 1.165) is 12.1 Å². The van der Waals surface area contributed by atoms with Gasteiger partial charge in [-0.05, 0) is 73.6 Å². The first kappa shape index (κ1) is 18.5. The van der Waals surface area contributed by atoms with Gasteiger partial charge in [0.2, 0.25) is 0 Å². The van der Waals surface area contributed by atoms with Crippen LogP contribution in [0.2, 0.25) is 0 Å². The number of benzene rings is 2. The lowest BCUT2D eigenvalue weighted by molar-refractivity contribution is 0.420. The van der Waals surface area contributed by atoms with Crippen molar-refractivity contribution in [2.45, 2.75) is 52.5 Å². The van der Waals surface area contributed by atoms with Crippen molar-refractivity contribution in [3.05, 3.63) is 65.2 Å². The molecule has 0 spiro atoms. The van der Waals surface area contributed by atoms with Gasteiger partial charge in [0.1, 0.15) is 0 Å². The third-order valence-electron chi connectivity index (χ3n) is 4.23. The molecular weight excluding hydrogens is 312 g/mol. The van der Waals surface area contributed by atoms with Crippen molar-refractivity contribution in [2.24, 2.45) is 0 Å². The average Bonchev–Trinajstić information content (AvgIpc) is 2.46. The zero-order valence-corrected chi connectivity index (χ0v) is 16.1. The fourth-order valence-electron chi connectivity index (χ4n) is 3.26. The molecule has 1 atom stereocenters. The fraction of sp³-hybridized carbons (Fsp3) is 0.381. The van der Waals surface area contributed by atoms with Crippen LogP contribution in [0.5, 0.6) is 0 Å². The highest BCUT2D eigenvalue weighted by molar-refractivity contribution is 7.80. The lowest BCUT2D eigenvalue weighted by Crippen LogP contribution is -2.39. The van der Waals surface area contributed by atoms with Crippen LogP contribution in [0, 0.1) is 13.8 Å². The summed E-state index contributed by atoms with van der Waals surface area (Å²) in [5.74, 6) is 0. The summed E-state index contributed by atoms with van der Waals surface area (Å²) in [6.45, 7) is 10.9. The number of thiocarbonyl (C=S) groups is 1. The zero-order chi connectivity index (χ0) is 17.7. The minimum atomic E-state index is 0.100. The van der Waals surface area contributed by atoms with Gasteiger partial charge in [-0.15, -0.1) is 0 Å². The highest BCUT2D eigenvalue weighted by Crippen LogP contribution is 2.28. The second-order valence-electron chi connectivity index (χ2n) is 7.33. The maximum atomic E-state index is 5.48. The molecule has 0 amide bonds. The molecule has 0 aliphatic rings. The van der Waals surface area contributed by atoms with Crippen LogP contribution in [-0.4, -0.2) is 11.2 Å². The standard InChI is InChI=1S/C21H28N2S/c1-15-11-16(2)13-19(12-15)23-20(24)22-17(3)14-21(4,5)18-9-7-6-8-10-18/h6-13,17H,14H2,1-5H3,(H2,22,23,24)/t17-/m1/s1. The predicted octanol–water partition coefficient (Wildman–Crippen LogP) is 5.35. The fourth-order valence-corrected chi connectivity index (χ4v) is 3.58. The third-order valence-corrected chi connectivity index (χ3v) is 4.45. The van der Waals surface area contributed by atoms with Gasteiger partial charge in [0.25, 0.3) is 0 Å².